The molecule has 0 radical (unpaired) electrons. The Morgan fingerprint density at radius 2 is 1.81 bits per heavy atom. The number of imide groups is 1. The zero-order valence-electron chi connectivity index (χ0n) is 14.5. The monoisotopic (exact) mass is 373 g/mol. The quantitative estimate of drug-likeness (QED) is 0.770. The number of urea groups is 1. The number of carbonyl (C=O) groups excluding carboxylic acids is 3. The van der Waals surface area contributed by atoms with Crippen molar-refractivity contribution < 1.29 is 29.1 Å². The number of likely N-dealkylation sites (tertiary alicyclic amines) is 1. The minimum Gasteiger partial charge on any atom is -0.478 e. The Kier molecular flexibility index (Phi) is 4.11. The highest BCUT2D eigenvalue weighted by molar-refractivity contribution is 6.07. The Morgan fingerprint density at radius 3 is 2.44 bits per heavy atom. The molecule has 27 heavy (non-hydrogen) atoms. The van der Waals surface area contributed by atoms with Crippen LogP contribution in [-0.4, -0.2) is 62.0 Å². The summed E-state index contributed by atoms with van der Waals surface area (Å²) in [6, 6.07) is 8.34. The fourth-order valence-corrected chi connectivity index (χ4v) is 4.08. The van der Waals surface area contributed by atoms with Crippen LogP contribution in [0.3, 0.4) is 0 Å². The average molecular weight is 373 g/mol. The Balaban J connectivity index is 1.60. The SMILES string of the molecule is O=C1N(OCc2ccccc2)[C@@H]2CC[C@](C(=O)O)(N3C(=O)CCC3=O)N1C2. The van der Waals surface area contributed by atoms with Crippen molar-refractivity contribution in [3.8, 4) is 0 Å². The van der Waals surface area contributed by atoms with Crippen molar-refractivity contribution >= 4 is 23.8 Å². The summed E-state index contributed by atoms with van der Waals surface area (Å²) in [5, 5.41) is 11.1. The molecule has 0 spiro atoms. The van der Waals surface area contributed by atoms with Gasteiger partial charge in [-0.05, 0) is 12.0 Å². The first-order chi connectivity index (χ1) is 12.9. The Bertz CT molecular complexity index is 797. The maximum Gasteiger partial charge on any atom is 0.351 e. The molecule has 1 aromatic carbocycles. The van der Waals surface area contributed by atoms with Crippen LogP contribution in [0, 0.1) is 0 Å². The summed E-state index contributed by atoms with van der Waals surface area (Å²) in [6.07, 6.45) is 0.239. The molecule has 1 N–H and O–H groups in total. The lowest BCUT2D eigenvalue weighted by Crippen LogP contribution is -2.68. The summed E-state index contributed by atoms with van der Waals surface area (Å²) in [5.74, 6) is -2.49. The predicted octanol–water partition coefficient (Wildman–Crippen LogP) is 0.948. The van der Waals surface area contributed by atoms with Crippen LogP contribution in [0.1, 0.15) is 31.2 Å². The van der Waals surface area contributed by atoms with Gasteiger partial charge in [-0.25, -0.2) is 14.5 Å². The highest BCUT2D eigenvalue weighted by atomic mass is 16.7. The number of nitrogens with zero attached hydrogens (tertiary/aromatic N) is 3. The maximum absolute atomic E-state index is 12.9. The van der Waals surface area contributed by atoms with Crippen molar-refractivity contribution in [2.45, 2.75) is 44.0 Å². The third-order valence-electron chi connectivity index (χ3n) is 5.39. The molecule has 3 fully saturated rings. The van der Waals surface area contributed by atoms with Gasteiger partial charge in [0, 0.05) is 25.8 Å². The number of carboxylic acid groups (broad SMARTS) is 1. The lowest BCUT2D eigenvalue weighted by molar-refractivity contribution is -0.176. The Morgan fingerprint density at radius 1 is 1.15 bits per heavy atom. The third-order valence-corrected chi connectivity index (χ3v) is 5.39. The van der Waals surface area contributed by atoms with Crippen LogP contribution in [0.4, 0.5) is 4.79 Å². The zero-order chi connectivity index (χ0) is 19.2. The van der Waals surface area contributed by atoms with Gasteiger partial charge in [0.25, 0.3) is 0 Å². The topological polar surface area (TPSA) is 107 Å². The predicted molar refractivity (Wildman–Crippen MR) is 89.6 cm³/mol. The van der Waals surface area contributed by atoms with Gasteiger partial charge in [0.15, 0.2) is 0 Å². The molecule has 4 amide bonds. The second-order valence-corrected chi connectivity index (χ2v) is 6.92. The lowest BCUT2D eigenvalue weighted by Gasteiger charge is -2.44. The second kappa shape index (κ2) is 6.34. The molecular formula is C18H19N3O6. The highest BCUT2D eigenvalue weighted by Crippen LogP contribution is 2.41. The van der Waals surface area contributed by atoms with E-state index in [4.69, 9.17) is 4.84 Å². The van der Waals surface area contributed by atoms with E-state index in [1.165, 1.54) is 5.06 Å². The summed E-state index contributed by atoms with van der Waals surface area (Å²) in [7, 11) is 0. The van der Waals surface area contributed by atoms with E-state index < -0.39 is 29.5 Å². The first-order valence-electron chi connectivity index (χ1n) is 8.82. The van der Waals surface area contributed by atoms with E-state index in [1.54, 1.807) is 0 Å². The summed E-state index contributed by atoms with van der Waals surface area (Å²) >= 11 is 0. The van der Waals surface area contributed by atoms with Crippen molar-refractivity contribution in [3.05, 3.63) is 35.9 Å². The fourth-order valence-electron chi connectivity index (χ4n) is 4.08. The highest BCUT2D eigenvalue weighted by Gasteiger charge is 2.64. The molecule has 9 nitrogen and oxygen atoms in total. The number of carbonyl (C=O) groups is 4. The summed E-state index contributed by atoms with van der Waals surface area (Å²) in [4.78, 5) is 57.1. The molecule has 3 aliphatic heterocycles. The average Bonchev–Trinajstić information content (AvgIpc) is 3.13. The van der Waals surface area contributed by atoms with Crippen molar-refractivity contribution in [1.29, 1.82) is 0 Å². The molecule has 0 aliphatic carbocycles. The smallest absolute Gasteiger partial charge is 0.351 e. The number of carboxylic acids is 1. The first-order valence-corrected chi connectivity index (χ1v) is 8.82. The largest absolute Gasteiger partial charge is 0.478 e. The molecular weight excluding hydrogens is 354 g/mol. The number of amides is 4. The second-order valence-electron chi connectivity index (χ2n) is 6.92. The zero-order valence-corrected chi connectivity index (χ0v) is 14.5. The number of piperidine rings is 1. The van der Waals surface area contributed by atoms with E-state index in [0.717, 1.165) is 15.4 Å². The number of fused-ring (bicyclic) bond motifs is 2. The summed E-state index contributed by atoms with van der Waals surface area (Å²) in [6.45, 7) is 0.259. The van der Waals surface area contributed by atoms with Gasteiger partial charge < -0.3 is 5.11 Å². The summed E-state index contributed by atoms with van der Waals surface area (Å²) in [5.41, 5.74) is -1.10. The van der Waals surface area contributed by atoms with Crippen LogP contribution in [0.5, 0.6) is 0 Å². The minimum absolute atomic E-state index is 0.0125. The van der Waals surface area contributed by atoms with Gasteiger partial charge in [-0.1, -0.05) is 30.3 Å². The molecule has 142 valence electrons. The normalized spacial score (nSPS) is 27.6. The fraction of sp³-hybridized carbons (Fsp3) is 0.444. The van der Waals surface area contributed by atoms with Crippen LogP contribution < -0.4 is 0 Å². The molecule has 2 bridgehead atoms. The van der Waals surface area contributed by atoms with Gasteiger partial charge in [0.1, 0.15) is 6.61 Å². The van der Waals surface area contributed by atoms with Gasteiger partial charge in [0.05, 0.1) is 6.04 Å². The Labute approximate surface area is 155 Å². The first kappa shape index (κ1) is 17.5. The van der Waals surface area contributed by atoms with E-state index in [0.29, 0.717) is 6.42 Å². The van der Waals surface area contributed by atoms with Crippen LogP contribution in [0.25, 0.3) is 0 Å². The van der Waals surface area contributed by atoms with Crippen LogP contribution in [-0.2, 0) is 25.8 Å². The van der Waals surface area contributed by atoms with Crippen LogP contribution in [0.15, 0.2) is 30.3 Å². The van der Waals surface area contributed by atoms with Crippen LogP contribution in [0.2, 0.25) is 0 Å². The molecule has 9 heteroatoms. The molecule has 0 saturated carbocycles. The molecule has 4 rings (SSSR count). The standard InChI is InChI=1S/C18H19N3O6/c22-14-6-7-15(23)20(14)18(16(24)25)9-8-13-10-19(18)17(26)21(13)27-11-12-4-2-1-3-5-12/h1-5,13H,6-11H2,(H,24,25)/t13-,18-/m1/s1. The van der Waals surface area contributed by atoms with Crippen molar-refractivity contribution in [3.63, 3.8) is 0 Å². The molecule has 1 aromatic rings. The molecule has 3 heterocycles. The van der Waals surface area contributed by atoms with E-state index in [2.05, 4.69) is 0 Å². The van der Waals surface area contributed by atoms with E-state index in [-0.39, 0.29) is 38.5 Å². The number of rotatable bonds is 5. The number of hydrogen-bond donors (Lipinski definition) is 1. The third kappa shape index (κ3) is 2.57. The summed E-state index contributed by atoms with van der Waals surface area (Å²) < 4.78 is 0. The molecule has 3 aliphatic rings. The van der Waals surface area contributed by atoms with Gasteiger partial charge in [0.2, 0.25) is 17.5 Å². The van der Waals surface area contributed by atoms with Crippen molar-refractivity contribution in [2.24, 2.45) is 0 Å². The van der Waals surface area contributed by atoms with E-state index in [1.807, 2.05) is 30.3 Å². The van der Waals surface area contributed by atoms with E-state index >= 15 is 0 Å². The van der Waals surface area contributed by atoms with E-state index in [9.17, 15) is 24.3 Å². The van der Waals surface area contributed by atoms with Gasteiger partial charge in [-0.15, -0.1) is 0 Å². The van der Waals surface area contributed by atoms with Crippen molar-refractivity contribution in [2.75, 3.05) is 6.54 Å². The minimum atomic E-state index is -1.97. The lowest BCUT2D eigenvalue weighted by atomic mass is 9.92. The van der Waals surface area contributed by atoms with Gasteiger partial charge in [-0.3, -0.25) is 19.3 Å². The number of hydrogen-bond acceptors (Lipinski definition) is 5. The van der Waals surface area contributed by atoms with Crippen LogP contribution >= 0.6 is 0 Å². The van der Waals surface area contributed by atoms with Crippen molar-refractivity contribution in [1.82, 2.24) is 14.9 Å². The number of hydroxylamine groups is 2. The van der Waals surface area contributed by atoms with Gasteiger partial charge >= 0.3 is 12.0 Å². The molecule has 2 atom stereocenters. The number of aliphatic carboxylic acids is 1. The number of benzene rings is 1. The molecule has 3 saturated heterocycles. The molecule has 0 unspecified atom stereocenters. The Hall–Kier alpha value is -2.94. The molecule has 0 aromatic heterocycles. The maximum atomic E-state index is 12.9. The van der Waals surface area contributed by atoms with Gasteiger partial charge in [-0.2, -0.15) is 5.06 Å².